The molecule has 22 heavy (non-hydrogen) atoms. The van der Waals surface area contributed by atoms with Crippen molar-refractivity contribution in [2.75, 3.05) is 0 Å². The molecule has 0 N–H and O–H groups in total. The van der Waals surface area contributed by atoms with E-state index in [4.69, 9.17) is 9.51 Å². The van der Waals surface area contributed by atoms with Crippen LogP contribution in [0.25, 0.3) is 28.2 Å². The van der Waals surface area contributed by atoms with Crippen molar-refractivity contribution in [3.05, 3.63) is 66.2 Å². The topological polar surface area (TPSA) is 43.3 Å². The molecule has 0 bridgehead atoms. The molecule has 4 rings (SSSR count). The summed E-state index contributed by atoms with van der Waals surface area (Å²) in [6, 6.07) is 14.1. The van der Waals surface area contributed by atoms with Crippen LogP contribution in [0.3, 0.4) is 0 Å². The van der Waals surface area contributed by atoms with E-state index in [9.17, 15) is 0 Å². The van der Waals surface area contributed by atoms with Crippen LogP contribution < -0.4 is 0 Å². The van der Waals surface area contributed by atoms with E-state index < -0.39 is 0 Å². The Morgan fingerprint density at radius 2 is 1.82 bits per heavy atom. The smallest absolute Gasteiger partial charge is 0.143 e. The molecule has 0 amide bonds. The van der Waals surface area contributed by atoms with Gasteiger partial charge in [-0.15, -0.1) is 0 Å². The van der Waals surface area contributed by atoms with Crippen LogP contribution in [-0.2, 0) is 0 Å². The molecule has 0 spiro atoms. The second-order valence-corrected chi connectivity index (χ2v) is 5.38. The molecule has 4 nitrogen and oxygen atoms in total. The highest BCUT2D eigenvalue weighted by atomic mass is 16.5. The molecule has 3 heterocycles. The van der Waals surface area contributed by atoms with Crippen LogP contribution in [0.5, 0.6) is 0 Å². The number of hydrogen-bond acceptors (Lipinski definition) is 3. The Balaban J connectivity index is 1.95. The standard InChI is InChI=1S/C18H15N3O/c1-12-7-6-10-21-11-15(19-18(12)21)16-13(2)22-20-17(16)14-8-4-3-5-9-14/h3-11H,1-2H3. The van der Waals surface area contributed by atoms with Gasteiger partial charge in [-0.2, -0.15) is 0 Å². The lowest BCUT2D eigenvalue weighted by molar-refractivity contribution is 0.400. The summed E-state index contributed by atoms with van der Waals surface area (Å²) in [7, 11) is 0. The Morgan fingerprint density at radius 1 is 1.00 bits per heavy atom. The Labute approximate surface area is 128 Å². The summed E-state index contributed by atoms with van der Waals surface area (Å²) in [6.07, 6.45) is 4.03. The zero-order chi connectivity index (χ0) is 15.1. The molecule has 4 heteroatoms. The first kappa shape index (κ1) is 12.8. The van der Waals surface area contributed by atoms with E-state index in [1.54, 1.807) is 0 Å². The van der Waals surface area contributed by atoms with Crippen LogP contribution >= 0.6 is 0 Å². The zero-order valence-electron chi connectivity index (χ0n) is 12.4. The van der Waals surface area contributed by atoms with Crippen LogP contribution in [0.15, 0.2) is 59.4 Å². The van der Waals surface area contributed by atoms with Crippen molar-refractivity contribution in [3.63, 3.8) is 0 Å². The molecule has 0 saturated carbocycles. The molecule has 0 atom stereocenters. The highest BCUT2D eigenvalue weighted by Gasteiger charge is 2.19. The summed E-state index contributed by atoms with van der Waals surface area (Å²) in [5, 5.41) is 4.23. The van der Waals surface area contributed by atoms with Crippen molar-refractivity contribution >= 4 is 5.65 Å². The predicted octanol–water partition coefficient (Wildman–Crippen LogP) is 4.27. The summed E-state index contributed by atoms with van der Waals surface area (Å²) in [5.74, 6) is 0.778. The third kappa shape index (κ3) is 1.92. The number of fused-ring (bicyclic) bond motifs is 1. The summed E-state index contributed by atoms with van der Waals surface area (Å²) in [6.45, 7) is 3.98. The van der Waals surface area contributed by atoms with Crippen molar-refractivity contribution in [3.8, 4) is 22.5 Å². The Hall–Kier alpha value is -2.88. The van der Waals surface area contributed by atoms with E-state index in [0.29, 0.717) is 0 Å². The van der Waals surface area contributed by atoms with E-state index in [-0.39, 0.29) is 0 Å². The van der Waals surface area contributed by atoms with Crippen molar-refractivity contribution in [1.82, 2.24) is 14.5 Å². The van der Waals surface area contributed by atoms with Gasteiger partial charge in [0.2, 0.25) is 0 Å². The SMILES string of the molecule is Cc1onc(-c2ccccc2)c1-c1cn2cccc(C)c2n1. The van der Waals surface area contributed by atoms with Crippen LogP contribution in [0.4, 0.5) is 0 Å². The molecule has 108 valence electrons. The number of nitrogens with zero attached hydrogens (tertiary/aromatic N) is 3. The highest BCUT2D eigenvalue weighted by molar-refractivity contribution is 5.81. The normalized spacial score (nSPS) is 11.2. The van der Waals surface area contributed by atoms with Gasteiger partial charge in [-0.1, -0.05) is 41.6 Å². The van der Waals surface area contributed by atoms with Gasteiger partial charge in [0, 0.05) is 18.0 Å². The van der Waals surface area contributed by atoms with Crippen molar-refractivity contribution in [1.29, 1.82) is 0 Å². The van der Waals surface area contributed by atoms with Crippen LogP contribution in [0.1, 0.15) is 11.3 Å². The van der Waals surface area contributed by atoms with Gasteiger partial charge in [-0.3, -0.25) is 0 Å². The maximum atomic E-state index is 5.43. The maximum absolute atomic E-state index is 5.43. The predicted molar refractivity (Wildman–Crippen MR) is 85.6 cm³/mol. The molecule has 0 aliphatic rings. The molecule has 3 aromatic heterocycles. The average molecular weight is 289 g/mol. The minimum absolute atomic E-state index is 0.778. The summed E-state index contributed by atoms with van der Waals surface area (Å²) in [5.41, 5.74) is 5.80. The quantitative estimate of drug-likeness (QED) is 0.553. The Bertz CT molecular complexity index is 951. The lowest BCUT2D eigenvalue weighted by atomic mass is 10.0. The molecular formula is C18H15N3O. The molecule has 0 aliphatic heterocycles. The van der Waals surface area contributed by atoms with E-state index >= 15 is 0 Å². The Morgan fingerprint density at radius 3 is 2.59 bits per heavy atom. The second kappa shape index (κ2) is 4.84. The fourth-order valence-corrected chi connectivity index (χ4v) is 2.74. The summed E-state index contributed by atoms with van der Waals surface area (Å²) in [4.78, 5) is 4.76. The van der Waals surface area contributed by atoms with Crippen molar-refractivity contribution in [2.45, 2.75) is 13.8 Å². The van der Waals surface area contributed by atoms with Gasteiger partial charge in [0.25, 0.3) is 0 Å². The van der Waals surface area contributed by atoms with E-state index in [0.717, 1.165) is 39.5 Å². The van der Waals surface area contributed by atoms with Crippen LogP contribution in [-0.4, -0.2) is 14.5 Å². The molecule has 0 unspecified atom stereocenters. The number of hydrogen-bond donors (Lipinski definition) is 0. The molecule has 4 aromatic rings. The van der Waals surface area contributed by atoms with Crippen LogP contribution in [0.2, 0.25) is 0 Å². The third-order valence-electron chi connectivity index (χ3n) is 3.84. The molecule has 0 radical (unpaired) electrons. The van der Waals surface area contributed by atoms with E-state index in [1.165, 1.54) is 0 Å². The third-order valence-corrected chi connectivity index (χ3v) is 3.84. The second-order valence-electron chi connectivity index (χ2n) is 5.38. The Kier molecular flexibility index (Phi) is 2.82. The minimum atomic E-state index is 0.778. The number of aromatic nitrogens is 3. The van der Waals surface area contributed by atoms with E-state index in [1.807, 2.05) is 60.1 Å². The number of imidazole rings is 1. The fraction of sp³-hybridized carbons (Fsp3) is 0.111. The van der Waals surface area contributed by atoms with Gasteiger partial charge < -0.3 is 8.92 Å². The van der Waals surface area contributed by atoms with Crippen LogP contribution in [0, 0.1) is 13.8 Å². The number of aryl methyl sites for hydroxylation is 2. The zero-order valence-corrected chi connectivity index (χ0v) is 12.4. The van der Waals surface area contributed by atoms with Gasteiger partial charge in [0.1, 0.15) is 17.1 Å². The van der Waals surface area contributed by atoms with Gasteiger partial charge in [0.15, 0.2) is 0 Å². The van der Waals surface area contributed by atoms with E-state index in [2.05, 4.69) is 18.1 Å². The largest absolute Gasteiger partial charge is 0.360 e. The lowest BCUT2D eigenvalue weighted by Crippen LogP contribution is -1.84. The molecule has 0 aliphatic carbocycles. The highest BCUT2D eigenvalue weighted by Crippen LogP contribution is 2.33. The molecule has 0 fully saturated rings. The molecular weight excluding hydrogens is 274 g/mol. The van der Waals surface area contributed by atoms with Crippen molar-refractivity contribution < 1.29 is 4.52 Å². The first-order valence-corrected chi connectivity index (χ1v) is 7.20. The molecule has 1 aromatic carbocycles. The monoisotopic (exact) mass is 289 g/mol. The van der Waals surface area contributed by atoms with Gasteiger partial charge in [0.05, 0.1) is 11.3 Å². The summed E-state index contributed by atoms with van der Waals surface area (Å²) < 4.78 is 7.47. The van der Waals surface area contributed by atoms with Gasteiger partial charge in [-0.05, 0) is 25.5 Å². The summed E-state index contributed by atoms with van der Waals surface area (Å²) >= 11 is 0. The van der Waals surface area contributed by atoms with Crippen molar-refractivity contribution in [2.24, 2.45) is 0 Å². The number of rotatable bonds is 2. The van der Waals surface area contributed by atoms with Gasteiger partial charge >= 0.3 is 0 Å². The number of benzene rings is 1. The fourth-order valence-electron chi connectivity index (χ4n) is 2.74. The maximum Gasteiger partial charge on any atom is 0.143 e. The minimum Gasteiger partial charge on any atom is -0.360 e. The lowest BCUT2D eigenvalue weighted by Gasteiger charge is -1.99. The van der Waals surface area contributed by atoms with Gasteiger partial charge in [-0.25, -0.2) is 4.98 Å². The number of pyridine rings is 1. The first-order chi connectivity index (χ1) is 10.7. The average Bonchev–Trinajstić information content (AvgIpc) is 3.12. The first-order valence-electron chi connectivity index (χ1n) is 7.20. The molecule has 0 saturated heterocycles.